The summed E-state index contributed by atoms with van der Waals surface area (Å²) in [7, 11) is 0. The van der Waals surface area contributed by atoms with E-state index in [0.717, 1.165) is 30.3 Å². The Kier molecular flexibility index (Phi) is 8.80. The molecule has 2 aliphatic rings. The number of carboxylic acids is 1. The number of aliphatic carboxylic acids is 1. The molecule has 1 unspecified atom stereocenters. The molecule has 0 bridgehead atoms. The summed E-state index contributed by atoms with van der Waals surface area (Å²) in [5.41, 5.74) is 2.16. The van der Waals surface area contributed by atoms with Gasteiger partial charge in [0.05, 0.1) is 0 Å². The van der Waals surface area contributed by atoms with Crippen LogP contribution in [0.4, 0.5) is 13.2 Å². The number of halogens is 3. The van der Waals surface area contributed by atoms with Crippen LogP contribution in [0.15, 0.2) is 60.7 Å². The van der Waals surface area contributed by atoms with E-state index in [2.05, 4.69) is 31.0 Å². The van der Waals surface area contributed by atoms with Crippen LogP contribution < -0.4 is 14.8 Å². The van der Waals surface area contributed by atoms with Gasteiger partial charge in [-0.05, 0) is 58.7 Å². The van der Waals surface area contributed by atoms with E-state index in [0.29, 0.717) is 48.6 Å². The number of piperidine rings is 1. The van der Waals surface area contributed by atoms with Gasteiger partial charge in [-0.1, -0.05) is 45.0 Å². The molecular weight excluding hydrogens is 545 g/mol. The zero-order valence-electron chi connectivity index (χ0n) is 24.1. The van der Waals surface area contributed by atoms with Crippen molar-refractivity contribution in [2.24, 2.45) is 11.8 Å². The third-order valence-electron chi connectivity index (χ3n) is 8.12. The Morgan fingerprint density at radius 1 is 0.952 bits per heavy atom. The summed E-state index contributed by atoms with van der Waals surface area (Å²) in [6.07, 6.45) is -0.783. The van der Waals surface area contributed by atoms with Crippen LogP contribution in [0, 0.1) is 29.3 Å². The van der Waals surface area contributed by atoms with Crippen molar-refractivity contribution in [3.63, 3.8) is 0 Å². The lowest BCUT2D eigenvalue weighted by Gasteiger charge is -2.20. The van der Waals surface area contributed by atoms with E-state index in [4.69, 9.17) is 9.47 Å². The van der Waals surface area contributed by atoms with Crippen molar-refractivity contribution in [2.75, 3.05) is 26.2 Å². The molecule has 1 aliphatic heterocycles. The van der Waals surface area contributed by atoms with Crippen LogP contribution in [0.3, 0.4) is 0 Å². The maximum Gasteiger partial charge on any atom is 0.345 e. The Bertz CT molecular complexity index is 1380. The van der Waals surface area contributed by atoms with Crippen LogP contribution in [-0.4, -0.2) is 54.4 Å². The van der Waals surface area contributed by atoms with Gasteiger partial charge >= 0.3 is 5.97 Å². The monoisotopic (exact) mass is 582 g/mol. The number of fused-ring (bicyclic) bond motifs is 1. The minimum absolute atomic E-state index is 0.00309. The maximum atomic E-state index is 14.0. The van der Waals surface area contributed by atoms with Crippen LogP contribution in [0.25, 0.3) is 0 Å². The fraction of sp³-hybridized carbons (Fsp3) is 0.424. The molecule has 0 spiro atoms. The molecule has 5 rings (SSSR count). The Hall–Kier alpha value is -3.56. The van der Waals surface area contributed by atoms with Gasteiger partial charge in [-0.15, -0.1) is 0 Å². The van der Waals surface area contributed by atoms with Crippen molar-refractivity contribution in [3.05, 3.63) is 94.8 Å². The van der Waals surface area contributed by atoms with Crippen molar-refractivity contribution in [3.8, 4) is 11.5 Å². The molecule has 1 saturated heterocycles. The van der Waals surface area contributed by atoms with Crippen LogP contribution in [0.1, 0.15) is 37.5 Å². The van der Waals surface area contributed by atoms with E-state index >= 15 is 0 Å². The predicted molar refractivity (Wildman–Crippen MR) is 153 cm³/mol. The molecule has 4 atom stereocenters. The average molecular weight is 583 g/mol. The molecule has 2 N–H and O–H groups in total. The molecule has 2 fully saturated rings. The normalized spacial score (nSPS) is 20.7. The number of rotatable bonds is 12. The first kappa shape index (κ1) is 29.9. The summed E-state index contributed by atoms with van der Waals surface area (Å²) in [4.78, 5) is 13.9. The van der Waals surface area contributed by atoms with Crippen molar-refractivity contribution in [1.29, 1.82) is 0 Å². The molecule has 1 saturated carbocycles. The van der Waals surface area contributed by atoms with Gasteiger partial charge in [0, 0.05) is 50.3 Å². The van der Waals surface area contributed by atoms with Crippen LogP contribution in [0.5, 0.6) is 11.5 Å². The number of benzene rings is 3. The van der Waals surface area contributed by atoms with E-state index < -0.39 is 29.5 Å². The minimum Gasteiger partial charge on any atom is -0.492 e. The van der Waals surface area contributed by atoms with E-state index in [1.165, 1.54) is 0 Å². The first-order valence-corrected chi connectivity index (χ1v) is 14.3. The number of likely N-dealkylation sites (tertiary alicyclic amines) is 1. The summed E-state index contributed by atoms with van der Waals surface area (Å²) >= 11 is 0. The zero-order valence-corrected chi connectivity index (χ0v) is 24.1. The lowest BCUT2D eigenvalue weighted by molar-refractivity contribution is -0.145. The Labute approximate surface area is 244 Å². The summed E-state index contributed by atoms with van der Waals surface area (Å²) in [6, 6.07) is 16.8. The number of hydrogen-bond acceptors (Lipinski definition) is 5. The average Bonchev–Trinajstić information content (AvgIpc) is 3.39. The third-order valence-corrected chi connectivity index (χ3v) is 8.12. The molecule has 0 radical (unpaired) electrons. The van der Waals surface area contributed by atoms with Gasteiger partial charge in [0.25, 0.3) is 0 Å². The molecular formula is C33H37F3N2O4. The molecule has 42 heavy (non-hydrogen) atoms. The van der Waals surface area contributed by atoms with Crippen LogP contribution in [0.2, 0.25) is 0 Å². The van der Waals surface area contributed by atoms with Crippen molar-refractivity contribution in [2.45, 2.75) is 51.3 Å². The van der Waals surface area contributed by atoms with Crippen molar-refractivity contribution < 1.29 is 32.5 Å². The van der Waals surface area contributed by atoms with Gasteiger partial charge in [0.2, 0.25) is 0 Å². The number of carboxylic acid groups (broad SMARTS) is 1. The second kappa shape index (κ2) is 12.4. The fourth-order valence-corrected chi connectivity index (χ4v) is 5.68. The maximum absolute atomic E-state index is 14.0. The van der Waals surface area contributed by atoms with E-state index in [1.54, 1.807) is 0 Å². The van der Waals surface area contributed by atoms with Gasteiger partial charge in [0.15, 0.2) is 17.7 Å². The van der Waals surface area contributed by atoms with E-state index in [-0.39, 0.29) is 23.9 Å². The van der Waals surface area contributed by atoms with Crippen molar-refractivity contribution in [1.82, 2.24) is 10.2 Å². The number of nitrogens with zero attached hydrogens (tertiary/aromatic N) is 1. The zero-order chi connectivity index (χ0) is 30.0. The second-order valence-electron chi connectivity index (χ2n) is 12.3. The number of hydrogen-bond donors (Lipinski definition) is 2. The molecule has 0 aromatic heterocycles. The summed E-state index contributed by atoms with van der Waals surface area (Å²) in [5, 5.41) is 13.2. The third kappa shape index (κ3) is 7.25. The molecule has 0 amide bonds. The summed E-state index contributed by atoms with van der Waals surface area (Å²) < 4.78 is 52.2. The topological polar surface area (TPSA) is 71.0 Å². The van der Waals surface area contributed by atoms with Crippen LogP contribution >= 0.6 is 0 Å². The Morgan fingerprint density at radius 2 is 1.57 bits per heavy atom. The molecule has 3 aromatic rings. The first-order chi connectivity index (χ1) is 20.0. The van der Waals surface area contributed by atoms with Crippen LogP contribution in [-0.2, 0) is 23.2 Å². The lowest BCUT2D eigenvalue weighted by atomic mass is 9.87. The standard InChI is InChI=1S/C33H37F3N2O4/c1-33(2,3)22-6-10-24(11-7-22)42-30(32(39)40)14-20-4-8-23(9-5-20)41-13-12-37-31-25-18-38(19-26(25)31)17-21-15-28(35)29(36)16-27(21)34/h4-11,15-16,25-26,30-31,37H,12-14,17-19H2,1-3H3,(H,39,40)/t25-,26+,30-,31?/m0/s1. The molecule has 9 heteroatoms. The van der Waals surface area contributed by atoms with E-state index in [1.807, 2.05) is 48.5 Å². The Balaban J connectivity index is 1.01. The molecule has 1 aliphatic carbocycles. The highest BCUT2D eigenvalue weighted by atomic mass is 19.2. The largest absolute Gasteiger partial charge is 0.492 e. The first-order valence-electron chi connectivity index (χ1n) is 14.3. The number of nitrogens with one attached hydrogen (secondary N) is 1. The van der Waals surface area contributed by atoms with Gasteiger partial charge in [-0.2, -0.15) is 0 Å². The van der Waals surface area contributed by atoms with Gasteiger partial charge in [-0.3, -0.25) is 4.90 Å². The van der Waals surface area contributed by atoms with Gasteiger partial charge in [0.1, 0.15) is 23.9 Å². The van der Waals surface area contributed by atoms with E-state index in [9.17, 15) is 23.1 Å². The fourth-order valence-electron chi connectivity index (χ4n) is 5.68. The number of carbonyl (C=O) groups is 1. The lowest BCUT2D eigenvalue weighted by Crippen LogP contribution is -2.33. The van der Waals surface area contributed by atoms with Gasteiger partial charge < -0.3 is 19.9 Å². The summed E-state index contributed by atoms with van der Waals surface area (Å²) in [6.45, 7) is 9.34. The highest BCUT2D eigenvalue weighted by Gasteiger charge is 2.55. The molecule has 3 aromatic carbocycles. The SMILES string of the molecule is CC(C)(C)c1ccc(O[C@@H](Cc2ccc(OCCNC3[C@H]4CN(Cc5cc(F)c(F)cc5F)C[C@@H]34)cc2)C(=O)O)cc1. The molecule has 224 valence electrons. The second-order valence-corrected chi connectivity index (χ2v) is 12.3. The summed E-state index contributed by atoms with van der Waals surface area (Å²) in [5.74, 6) is -1.80. The highest BCUT2D eigenvalue weighted by Crippen LogP contribution is 2.45. The molecule has 1 heterocycles. The minimum atomic E-state index is -1.17. The predicted octanol–water partition coefficient (Wildman–Crippen LogP) is 5.57. The number of ether oxygens (including phenoxy) is 2. The highest BCUT2D eigenvalue weighted by molar-refractivity contribution is 5.73. The smallest absolute Gasteiger partial charge is 0.345 e. The molecule has 6 nitrogen and oxygen atoms in total. The Morgan fingerprint density at radius 3 is 2.19 bits per heavy atom. The van der Waals surface area contributed by atoms with Gasteiger partial charge in [-0.25, -0.2) is 18.0 Å². The quantitative estimate of drug-likeness (QED) is 0.215. The van der Waals surface area contributed by atoms with Crippen molar-refractivity contribution >= 4 is 5.97 Å².